The van der Waals surface area contributed by atoms with Crippen LogP contribution in [-0.4, -0.2) is 10.7 Å². The molecule has 0 saturated heterocycles. The van der Waals surface area contributed by atoms with E-state index in [-0.39, 0.29) is 0 Å². The maximum absolute atomic E-state index is 10.5. The Labute approximate surface area is 97.1 Å². The van der Waals surface area contributed by atoms with Gasteiger partial charge in [0.15, 0.2) is 0 Å². The predicted octanol–water partition coefficient (Wildman–Crippen LogP) is 2.57. The van der Waals surface area contributed by atoms with Crippen molar-refractivity contribution in [3.63, 3.8) is 0 Å². The molecule has 0 radical (unpaired) electrons. The Bertz CT molecular complexity index is 335. The molecule has 86 valence electrons. The molecule has 1 atom stereocenters. The Kier molecular flexibility index (Phi) is 4.47. The third kappa shape index (κ3) is 2.81. The van der Waals surface area contributed by atoms with Crippen LogP contribution in [0.3, 0.4) is 0 Å². The fourth-order valence-corrected chi connectivity index (χ4v) is 1.81. The van der Waals surface area contributed by atoms with Gasteiger partial charge in [0.1, 0.15) is 0 Å². The molecule has 1 rings (SSSR count). The minimum Gasteiger partial charge on any atom is -0.387 e. The predicted molar refractivity (Wildman–Crippen MR) is 67.9 cm³/mol. The lowest BCUT2D eigenvalue weighted by atomic mass is 9.84. The van der Waals surface area contributed by atoms with Crippen LogP contribution < -0.4 is 5.73 Å². The molecule has 2 nitrogen and oxygen atoms in total. The Morgan fingerprint density at radius 3 is 2.12 bits per heavy atom. The maximum atomic E-state index is 10.5. The number of benzene rings is 1. The van der Waals surface area contributed by atoms with Crippen LogP contribution in [0.5, 0.6) is 0 Å². The molecule has 0 heterocycles. The van der Waals surface area contributed by atoms with Gasteiger partial charge in [0.2, 0.25) is 0 Å². The van der Waals surface area contributed by atoms with Crippen molar-refractivity contribution in [3.05, 3.63) is 61.2 Å². The van der Waals surface area contributed by atoms with Gasteiger partial charge >= 0.3 is 0 Å². The lowest BCUT2D eigenvalue weighted by Gasteiger charge is -2.32. The number of nitrogens with two attached hydrogens (primary N) is 1. The molecule has 0 amide bonds. The number of rotatable bonds is 6. The van der Waals surface area contributed by atoms with Gasteiger partial charge in [0.05, 0.1) is 11.6 Å². The van der Waals surface area contributed by atoms with E-state index in [0.29, 0.717) is 12.8 Å². The summed E-state index contributed by atoms with van der Waals surface area (Å²) in [7, 11) is 0. The minimum absolute atomic E-state index is 0.426. The average Bonchev–Trinajstić information content (AvgIpc) is 2.30. The van der Waals surface area contributed by atoms with E-state index in [1.165, 1.54) is 0 Å². The van der Waals surface area contributed by atoms with Crippen LogP contribution in [0.25, 0.3) is 0 Å². The molecule has 16 heavy (non-hydrogen) atoms. The molecule has 0 saturated carbocycles. The fourth-order valence-electron chi connectivity index (χ4n) is 1.81. The smallest absolute Gasteiger partial charge is 0.0907 e. The molecule has 0 unspecified atom stereocenters. The van der Waals surface area contributed by atoms with Crippen molar-refractivity contribution in [1.29, 1.82) is 0 Å². The SMILES string of the molecule is C=CCC(O)(CC=C)[C@H](N)c1ccccc1. The first kappa shape index (κ1) is 12.7. The summed E-state index contributed by atoms with van der Waals surface area (Å²) in [6.45, 7) is 7.31. The van der Waals surface area contributed by atoms with E-state index >= 15 is 0 Å². The van der Waals surface area contributed by atoms with E-state index in [4.69, 9.17) is 5.73 Å². The topological polar surface area (TPSA) is 46.2 Å². The van der Waals surface area contributed by atoms with Gasteiger partial charge in [-0.25, -0.2) is 0 Å². The molecule has 1 aromatic rings. The number of hydrogen-bond acceptors (Lipinski definition) is 2. The highest BCUT2D eigenvalue weighted by molar-refractivity contribution is 5.22. The second-order valence-corrected chi connectivity index (χ2v) is 3.98. The van der Waals surface area contributed by atoms with Gasteiger partial charge in [0.25, 0.3) is 0 Å². The Morgan fingerprint density at radius 2 is 1.69 bits per heavy atom. The first-order valence-corrected chi connectivity index (χ1v) is 5.39. The third-order valence-electron chi connectivity index (χ3n) is 2.73. The fraction of sp³-hybridized carbons (Fsp3) is 0.286. The zero-order chi connectivity index (χ0) is 12.0. The van der Waals surface area contributed by atoms with Crippen molar-refractivity contribution >= 4 is 0 Å². The van der Waals surface area contributed by atoms with Crippen LogP contribution in [0.15, 0.2) is 55.6 Å². The summed E-state index contributed by atoms with van der Waals surface area (Å²) in [6, 6.07) is 9.17. The summed E-state index contributed by atoms with van der Waals surface area (Å²) in [5, 5.41) is 10.5. The zero-order valence-electron chi connectivity index (χ0n) is 9.47. The van der Waals surface area contributed by atoms with Crippen molar-refractivity contribution in [2.75, 3.05) is 0 Å². The monoisotopic (exact) mass is 217 g/mol. The van der Waals surface area contributed by atoms with Crippen LogP contribution in [-0.2, 0) is 0 Å². The Balaban J connectivity index is 2.94. The van der Waals surface area contributed by atoms with Gasteiger partial charge in [-0.15, -0.1) is 13.2 Å². The van der Waals surface area contributed by atoms with Crippen molar-refractivity contribution < 1.29 is 5.11 Å². The average molecular weight is 217 g/mol. The van der Waals surface area contributed by atoms with E-state index in [2.05, 4.69) is 13.2 Å². The highest BCUT2D eigenvalue weighted by atomic mass is 16.3. The van der Waals surface area contributed by atoms with Crippen molar-refractivity contribution in [1.82, 2.24) is 0 Å². The molecule has 0 aromatic heterocycles. The summed E-state index contributed by atoms with van der Waals surface area (Å²) < 4.78 is 0. The first-order chi connectivity index (χ1) is 7.64. The maximum Gasteiger partial charge on any atom is 0.0907 e. The summed E-state index contributed by atoms with van der Waals surface area (Å²) in [5.74, 6) is 0. The minimum atomic E-state index is -0.995. The summed E-state index contributed by atoms with van der Waals surface area (Å²) in [5.41, 5.74) is 6.03. The van der Waals surface area contributed by atoms with Gasteiger partial charge < -0.3 is 10.8 Å². The lowest BCUT2D eigenvalue weighted by molar-refractivity contribution is 0.0190. The summed E-state index contributed by atoms with van der Waals surface area (Å²) in [6.07, 6.45) is 4.28. The van der Waals surface area contributed by atoms with Gasteiger partial charge in [-0.3, -0.25) is 0 Å². The van der Waals surface area contributed by atoms with E-state index in [1.54, 1.807) is 12.2 Å². The second-order valence-electron chi connectivity index (χ2n) is 3.98. The van der Waals surface area contributed by atoms with Crippen molar-refractivity contribution in [3.8, 4) is 0 Å². The first-order valence-electron chi connectivity index (χ1n) is 5.39. The standard InChI is InChI=1S/C14H19NO/c1-3-10-14(16,11-4-2)13(15)12-8-6-5-7-9-12/h3-9,13,16H,1-2,10-11,15H2/t13-/m1/s1. The van der Waals surface area contributed by atoms with Gasteiger partial charge in [0, 0.05) is 0 Å². The Hall–Kier alpha value is -1.38. The highest BCUT2D eigenvalue weighted by Crippen LogP contribution is 2.30. The molecule has 2 heteroatoms. The molecule has 0 spiro atoms. The van der Waals surface area contributed by atoms with Gasteiger partial charge in [-0.1, -0.05) is 42.5 Å². The number of aliphatic hydroxyl groups is 1. The lowest BCUT2D eigenvalue weighted by Crippen LogP contribution is -2.40. The van der Waals surface area contributed by atoms with Crippen LogP contribution in [0.1, 0.15) is 24.4 Å². The molecular formula is C14H19NO. The second kappa shape index (κ2) is 5.64. The Morgan fingerprint density at radius 1 is 1.19 bits per heavy atom. The molecular weight excluding hydrogens is 198 g/mol. The highest BCUT2D eigenvalue weighted by Gasteiger charge is 2.32. The molecule has 1 aromatic carbocycles. The van der Waals surface area contributed by atoms with E-state index in [1.807, 2.05) is 30.3 Å². The van der Waals surface area contributed by atoms with Crippen LogP contribution in [0, 0.1) is 0 Å². The molecule has 3 N–H and O–H groups in total. The molecule has 0 aliphatic heterocycles. The third-order valence-corrected chi connectivity index (χ3v) is 2.73. The van der Waals surface area contributed by atoms with Gasteiger partial charge in [-0.2, -0.15) is 0 Å². The van der Waals surface area contributed by atoms with E-state index in [9.17, 15) is 5.11 Å². The normalized spacial score (nSPS) is 13.1. The summed E-state index contributed by atoms with van der Waals surface area (Å²) >= 11 is 0. The van der Waals surface area contributed by atoms with Crippen molar-refractivity contribution in [2.24, 2.45) is 5.73 Å². The largest absolute Gasteiger partial charge is 0.387 e. The quantitative estimate of drug-likeness (QED) is 0.719. The van der Waals surface area contributed by atoms with Crippen LogP contribution in [0.4, 0.5) is 0 Å². The summed E-state index contributed by atoms with van der Waals surface area (Å²) in [4.78, 5) is 0. The molecule has 0 aliphatic carbocycles. The van der Waals surface area contributed by atoms with Crippen LogP contribution in [0.2, 0.25) is 0 Å². The molecule has 0 bridgehead atoms. The molecule has 0 aliphatic rings. The zero-order valence-corrected chi connectivity index (χ0v) is 9.47. The van der Waals surface area contributed by atoms with Crippen LogP contribution >= 0.6 is 0 Å². The van der Waals surface area contributed by atoms with Crippen molar-refractivity contribution in [2.45, 2.75) is 24.5 Å². The van der Waals surface area contributed by atoms with Gasteiger partial charge in [-0.05, 0) is 18.4 Å². The van der Waals surface area contributed by atoms with E-state index < -0.39 is 11.6 Å². The molecule has 0 fully saturated rings. The number of hydrogen-bond donors (Lipinski definition) is 2. The van der Waals surface area contributed by atoms with E-state index in [0.717, 1.165) is 5.56 Å².